The third-order valence-corrected chi connectivity index (χ3v) is 4.65. The molecule has 0 N–H and O–H groups in total. The number of rotatable bonds is 3. The van der Waals surface area contributed by atoms with E-state index in [0.29, 0.717) is 6.42 Å². The van der Waals surface area contributed by atoms with Gasteiger partial charge in [-0.05, 0) is 19.1 Å². The molecule has 3 aromatic rings. The van der Waals surface area contributed by atoms with Crippen LogP contribution in [-0.4, -0.2) is 15.8 Å². The quantitative estimate of drug-likeness (QED) is 0.687. The average molecular weight is 274 g/mol. The SMILES string of the molecule is Cc1ncsc1C(=O)Cc1nc2ccccc2s1. The van der Waals surface area contributed by atoms with Crippen molar-refractivity contribution in [3.63, 3.8) is 0 Å². The van der Waals surface area contributed by atoms with Crippen molar-refractivity contribution in [2.75, 3.05) is 0 Å². The Hall–Kier alpha value is -1.59. The molecule has 0 amide bonds. The molecule has 3 nitrogen and oxygen atoms in total. The van der Waals surface area contributed by atoms with E-state index >= 15 is 0 Å². The molecule has 0 unspecified atom stereocenters. The summed E-state index contributed by atoms with van der Waals surface area (Å²) in [6.07, 6.45) is 0.363. The van der Waals surface area contributed by atoms with Crippen molar-refractivity contribution < 1.29 is 4.79 Å². The van der Waals surface area contributed by atoms with Gasteiger partial charge >= 0.3 is 0 Å². The Labute approximate surface area is 112 Å². The first-order chi connectivity index (χ1) is 8.74. The largest absolute Gasteiger partial charge is 0.293 e. The normalized spacial score (nSPS) is 10.9. The summed E-state index contributed by atoms with van der Waals surface area (Å²) in [6.45, 7) is 1.86. The van der Waals surface area contributed by atoms with Gasteiger partial charge in [0.1, 0.15) is 5.01 Å². The average Bonchev–Trinajstić information content (AvgIpc) is 2.94. The van der Waals surface area contributed by atoms with Crippen LogP contribution in [0.2, 0.25) is 0 Å². The summed E-state index contributed by atoms with van der Waals surface area (Å²) in [6, 6.07) is 7.94. The predicted octanol–water partition coefficient (Wildman–Crippen LogP) is 3.49. The van der Waals surface area contributed by atoms with Crippen molar-refractivity contribution in [1.29, 1.82) is 0 Å². The summed E-state index contributed by atoms with van der Waals surface area (Å²) in [5.74, 6) is 0.106. The zero-order chi connectivity index (χ0) is 12.5. The van der Waals surface area contributed by atoms with Gasteiger partial charge in [0.25, 0.3) is 0 Å². The molecule has 0 saturated heterocycles. The van der Waals surface area contributed by atoms with E-state index in [2.05, 4.69) is 9.97 Å². The molecular formula is C13H10N2OS2. The molecule has 2 heterocycles. The topological polar surface area (TPSA) is 42.9 Å². The third kappa shape index (κ3) is 2.07. The molecule has 90 valence electrons. The summed E-state index contributed by atoms with van der Waals surface area (Å²) in [7, 11) is 0. The van der Waals surface area contributed by atoms with Crippen molar-refractivity contribution in [3.05, 3.63) is 45.4 Å². The van der Waals surface area contributed by atoms with Gasteiger partial charge in [0.2, 0.25) is 0 Å². The zero-order valence-corrected chi connectivity index (χ0v) is 11.3. The van der Waals surface area contributed by atoms with Crippen LogP contribution in [0, 0.1) is 6.92 Å². The van der Waals surface area contributed by atoms with Crippen LogP contribution >= 0.6 is 22.7 Å². The van der Waals surface area contributed by atoms with Crippen LogP contribution in [0.1, 0.15) is 20.4 Å². The van der Waals surface area contributed by atoms with Crippen LogP contribution in [0.5, 0.6) is 0 Å². The molecule has 0 fully saturated rings. The number of Topliss-reactive ketones (excluding diaryl/α,β-unsaturated/α-hetero) is 1. The molecule has 0 radical (unpaired) electrons. The lowest BCUT2D eigenvalue weighted by atomic mass is 10.2. The van der Waals surface area contributed by atoms with Crippen molar-refractivity contribution in [2.24, 2.45) is 0 Å². The van der Waals surface area contributed by atoms with Gasteiger partial charge in [-0.1, -0.05) is 12.1 Å². The number of ketones is 1. The third-order valence-electron chi connectivity index (χ3n) is 2.65. The van der Waals surface area contributed by atoms with E-state index in [1.54, 1.807) is 16.8 Å². The number of hydrogen-bond donors (Lipinski definition) is 0. The number of benzene rings is 1. The molecule has 5 heteroatoms. The number of fused-ring (bicyclic) bond motifs is 1. The molecule has 0 spiro atoms. The van der Waals surface area contributed by atoms with Gasteiger partial charge < -0.3 is 0 Å². The van der Waals surface area contributed by atoms with Crippen LogP contribution < -0.4 is 0 Å². The summed E-state index contributed by atoms with van der Waals surface area (Å²) in [5, 5.41) is 0.869. The molecule has 2 aromatic heterocycles. The Kier molecular flexibility index (Phi) is 2.93. The maximum absolute atomic E-state index is 12.1. The van der Waals surface area contributed by atoms with Crippen molar-refractivity contribution in [3.8, 4) is 0 Å². The minimum Gasteiger partial charge on any atom is -0.293 e. The van der Waals surface area contributed by atoms with Crippen LogP contribution in [0.3, 0.4) is 0 Å². The number of hydrogen-bond acceptors (Lipinski definition) is 5. The van der Waals surface area contributed by atoms with E-state index in [1.807, 2.05) is 31.2 Å². The van der Waals surface area contributed by atoms with E-state index in [1.165, 1.54) is 11.3 Å². The van der Waals surface area contributed by atoms with Gasteiger partial charge in [0.15, 0.2) is 5.78 Å². The maximum Gasteiger partial charge on any atom is 0.181 e. The second kappa shape index (κ2) is 4.59. The second-order valence-corrected chi connectivity index (χ2v) is 5.91. The lowest BCUT2D eigenvalue weighted by Gasteiger charge is -1.94. The molecule has 1 aromatic carbocycles. The van der Waals surface area contributed by atoms with E-state index in [-0.39, 0.29) is 5.78 Å². The minimum absolute atomic E-state index is 0.106. The first kappa shape index (κ1) is 11.5. The van der Waals surface area contributed by atoms with E-state index in [0.717, 1.165) is 25.8 Å². The van der Waals surface area contributed by atoms with Crippen LogP contribution in [0.4, 0.5) is 0 Å². The molecule has 0 aliphatic carbocycles. The second-order valence-electron chi connectivity index (χ2n) is 3.94. The fraction of sp³-hybridized carbons (Fsp3) is 0.154. The summed E-state index contributed by atoms with van der Waals surface area (Å²) in [5.41, 5.74) is 3.48. The van der Waals surface area contributed by atoms with E-state index in [9.17, 15) is 4.79 Å². The van der Waals surface area contributed by atoms with E-state index < -0.39 is 0 Å². The summed E-state index contributed by atoms with van der Waals surface area (Å²) >= 11 is 2.98. The van der Waals surface area contributed by atoms with Crippen molar-refractivity contribution in [1.82, 2.24) is 9.97 Å². The molecule has 3 rings (SSSR count). The van der Waals surface area contributed by atoms with Gasteiger partial charge in [-0.2, -0.15) is 0 Å². The fourth-order valence-corrected chi connectivity index (χ4v) is 3.49. The number of carbonyl (C=O) groups is 1. The minimum atomic E-state index is 0.106. The number of para-hydroxylation sites is 1. The number of thiazole rings is 2. The van der Waals surface area contributed by atoms with Crippen LogP contribution in [0.25, 0.3) is 10.2 Å². The van der Waals surface area contributed by atoms with Crippen LogP contribution in [0.15, 0.2) is 29.8 Å². The molecule has 18 heavy (non-hydrogen) atoms. The fourth-order valence-electron chi connectivity index (χ4n) is 1.78. The highest BCUT2D eigenvalue weighted by Gasteiger charge is 2.14. The van der Waals surface area contributed by atoms with Gasteiger partial charge in [0.05, 0.1) is 32.7 Å². The zero-order valence-electron chi connectivity index (χ0n) is 9.71. The van der Waals surface area contributed by atoms with Crippen molar-refractivity contribution >= 4 is 38.7 Å². The maximum atomic E-state index is 12.1. The van der Waals surface area contributed by atoms with Gasteiger partial charge in [-0.25, -0.2) is 9.97 Å². The number of aromatic nitrogens is 2. The van der Waals surface area contributed by atoms with Gasteiger partial charge in [-0.3, -0.25) is 4.79 Å². The standard InChI is InChI=1S/C13H10N2OS2/c1-8-13(17-7-14-8)10(16)6-12-15-9-4-2-3-5-11(9)18-12/h2-5,7H,6H2,1H3. The smallest absolute Gasteiger partial charge is 0.181 e. The highest BCUT2D eigenvalue weighted by atomic mass is 32.1. The molecule has 0 aliphatic heterocycles. The molecule has 0 aliphatic rings. The Morgan fingerprint density at radius 2 is 2.17 bits per heavy atom. The van der Waals surface area contributed by atoms with Gasteiger partial charge in [-0.15, -0.1) is 22.7 Å². The molecular weight excluding hydrogens is 264 g/mol. The Balaban J connectivity index is 1.88. The van der Waals surface area contributed by atoms with Crippen LogP contribution in [-0.2, 0) is 6.42 Å². The first-order valence-electron chi connectivity index (χ1n) is 5.52. The van der Waals surface area contributed by atoms with E-state index in [4.69, 9.17) is 0 Å². The molecule has 0 saturated carbocycles. The highest BCUT2D eigenvalue weighted by Crippen LogP contribution is 2.23. The number of nitrogens with zero attached hydrogens (tertiary/aromatic N) is 2. The number of carbonyl (C=O) groups excluding carboxylic acids is 1. The summed E-state index contributed by atoms with van der Waals surface area (Å²) < 4.78 is 1.13. The summed E-state index contributed by atoms with van der Waals surface area (Å²) in [4.78, 5) is 21.4. The lowest BCUT2D eigenvalue weighted by Crippen LogP contribution is -2.02. The monoisotopic (exact) mass is 274 g/mol. The molecule has 0 bridgehead atoms. The lowest BCUT2D eigenvalue weighted by molar-refractivity contribution is 0.0996. The number of aryl methyl sites for hydroxylation is 1. The Morgan fingerprint density at radius 1 is 1.33 bits per heavy atom. The Bertz CT molecular complexity index is 681. The predicted molar refractivity (Wildman–Crippen MR) is 74.5 cm³/mol. The first-order valence-corrected chi connectivity index (χ1v) is 7.21. The highest BCUT2D eigenvalue weighted by molar-refractivity contribution is 7.18. The molecule has 0 atom stereocenters. The van der Waals surface area contributed by atoms with Gasteiger partial charge in [0, 0.05) is 0 Å². The Morgan fingerprint density at radius 3 is 2.89 bits per heavy atom. The van der Waals surface area contributed by atoms with Crippen molar-refractivity contribution in [2.45, 2.75) is 13.3 Å².